The summed E-state index contributed by atoms with van der Waals surface area (Å²) in [6.07, 6.45) is 6.84. The van der Waals surface area contributed by atoms with Crippen LogP contribution in [0.4, 0.5) is 4.79 Å². The van der Waals surface area contributed by atoms with E-state index < -0.39 is 46.6 Å². The summed E-state index contributed by atoms with van der Waals surface area (Å²) in [5, 5.41) is 29.3. The van der Waals surface area contributed by atoms with Crippen LogP contribution in [0.5, 0.6) is 0 Å². The fraction of sp³-hybridized carbons (Fsp3) is 0.947. The standard InChI is InChI=1S/C19H35NO6S/c1-2-3-4-5-6-7-8-9-10-11-12-27(25)18-17(23)16(22)15(21)14-13-26-19(24)20(14)18/h14-18,21-23H,2-13H2,1H3/t14-,15-,16+,17+,18-,27+/m1/s1. The first-order chi connectivity index (χ1) is 13.0. The molecule has 1 amide bonds. The van der Waals surface area contributed by atoms with E-state index in [1.165, 1.54) is 44.9 Å². The Hall–Kier alpha value is -0.700. The SMILES string of the molecule is CCCCCCCCCCCC[S@](=O)[C@@H]1[C@@H](O)[C@@H](O)[C@H](O)[C@H]2COC(=O)N21. The molecule has 2 fully saturated rings. The molecule has 2 saturated heterocycles. The molecule has 0 spiro atoms. The number of hydrogen-bond acceptors (Lipinski definition) is 6. The largest absolute Gasteiger partial charge is 0.447 e. The molecule has 0 saturated carbocycles. The van der Waals surface area contributed by atoms with Crippen LogP contribution in [0.1, 0.15) is 71.1 Å². The Kier molecular flexibility index (Phi) is 9.48. The number of cyclic esters (lactones) is 1. The Morgan fingerprint density at radius 1 is 0.926 bits per heavy atom. The molecule has 27 heavy (non-hydrogen) atoms. The summed E-state index contributed by atoms with van der Waals surface area (Å²) < 4.78 is 17.6. The summed E-state index contributed by atoms with van der Waals surface area (Å²) in [6, 6.07) is -0.752. The number of nitrogens with zero attached hydrogens (tertiary/aromatic N) is 1. The lowest BCUT2D eigenvalue weighted by molar-refractivity contribution is -0.125. The lowest BCUT2D eigenvalue weighted by Crippen LogP contribution is -2.66. The summed E-state index contributed by atoms with van der Waals surface area (Å²) in [6.45, 7) is 2.15. The van der Waals surface area contributed by atoms with Crippen molar-refractivity contribution in [2.75, 3.05) is 12.4 Å². The second kappa shape index (κ2) is 11.3. The Labute approximate surface area is 164 Å². The van der Waals surface area contributed by atoms with Crippen molar-refractivity contribution in [3.63, 3.8) is 0 Å². The first kappa shape index (κ1) is 22.6. The minimum atomic E-state index is -1.51. The van der Waals surface area contributed by atoms with Crippen molar-refractivity contribution in [1.82, 2.24) is 4.90 Å². The number of amides is 1. The van der Waals surface area contributed by atoms with Gasteiger partial charge in [0.1, 0.15) is 30.3 Å². The van der Waals surface area contributed by atoms with Crippen LogP contribution in [0.15, 0.2) is 0 Å². The highest BCUT2D eigenvalue weighted by molar-refractivity contribution is 7.85. The highest BCUT2D eigenvalue weighted by atomic mass is 32.2. The van der Waals surface area contributed by atoms with Crippen molar-refractivity contribution in [2.24, 2.45) is 0 Å². The zero-order chi connectivity index (χ0) is 19.8. The number of aliphatic hydroxyl groups excluding tert-OH is 3. The van der Waals surface area contributed by atoms with Gasteiger partial charge in [0.05, 0.1) is 6.04 Å². The maximum absolute atomic E-state index is 12.7. The number of carbonyl (C=O) groups is 1. The van der Waals surface area contributed by atoms with E-state index in [1.807, 2.05) is 0 Å². The van der Waals surface area contributed by atoms with E-state index in [9.17, 15) is 24.3 Å². The number of carbonyl (C=O) groups excluding carboxylic acids is 1. The van der Waals surface area contributed by atoms with E-state index >= 15 is 0 Å². The molecule has 6 atom stereocenters. The van der Waals surface area contributed by atoms with Crippen molar-refractivity contribution >= 4 is 16.9 Å². The molecule has 8 heteroatoms. The molecule has 2 rings (SSSR count). The van der Waals surface area contributed by atoms with Gasteiger partial charge in [0.2, 0.25) is 0 Å². The molecular formula is C19H35NO6S. The third-order valence-corrected chi connectivity index (χ3v) is 7.31. The Bertz CT molecular complexity index is 491. The lowest BCUT2D eigenvalue weighted by Gasteiger charge is -2.43. The van der Waals surface area contributed by atoms with E-state index in [-0.39, 0.29) is 6.61 Å². The monoisotopic (exact) mass is 405 g/mol. The third kappa shape index (κ3) is 5.89. The average Bonchev–Trinajstić information content (AvgIpc) is 3.03. The van der Waals surface area contributed by atoms with Crippen molar-refractivity contribution in [2.45, 2.75) is 101 Å². The molecule has 0 aromatic rings. The van der Waals surface area contributed by atoms with Crippen LogP contribution in [0.25, 0.3) is 0 Å². The molecule has 0 unspecified atom stereocenters. The Morgan fingerprint density at radius 2 is 1.48 bits per heavy atom. The molecule has 0 aromatic heterocycles. The number of aliphatic hydroxyl groups is 3. The summed E-state index contributed by atoms with van der Waals surface area (Å²) in [7, 11) is -1.51. The number of unbranched alkanes of at least 4 members (excludes halogenated alkanes) is 9. The van der Waals surface area contributed by atoms with Crippen LogP contribution in [-0.2, 0) is 15.5 Å². The molecule has 3 N–H and O–H groups in total. The van der Waals surface area contributed by atoms with Crippen LogP contribution in [0.2, 0.25) is 0 Å². The van der Waals surface area contributed by atoms with Crippen molar-refractivity contribution in [3.8, 4) is 0 Å². The molecule has 0 aromatic carbocycles. The smallest absolute Gasteiger partial charge is 0.411 e. The van der Waals surface area contributed by atoms with Gasteiger partial charge in [-0.05, 0) is 6.42 Å². The predicted molar refractivity (Wildman–Crippen MR) is 104 cm³/mol. The van der Waals surface area contributed by atoms with Crippen LogP contribution < -0.4 is 0 Å². The second-order valence-corrected chi connectivity index (χ2v) is 9.33. The number of rotatable bonds is 12. The fourth-order valence-corrected chi connectivity index (χ4v) is 5.60. The average molecular weight is 406 g/mol. The van der Waals surface area contributed by atoms with E-state index in [0.717, 1.165) is 24.2 Å². The molecule has 2 aliphatic rings. The minimum absolute atomic E-state index is 0.0598. The van der Waals surface area contributed by atoms with Gasteiger partial charge in [0, 0.05) is 16.6 Å². The first-order valence-corrected chi connectivity index (χ1v) is 11.7. The molecule has 2 heterocycles. The van der Waals surface area contributed by atoms with E-state index in [2.05, 4.69) is 6.92 Å². The van der Waals surface area contributed by atoms with Crippen molar-refractivity contribution in [1.29, 1.82) is 0 Å². The summed E-state index contributed by atoms with van der Waals surface area (Å²) in [4.78, 5) is 13.1. The van der Waals surface area contributed by atoms with Crippen LogP contribution >= 0.6 is 0 Å². The highest BCUT2D eigenvalue weighted by Crippen LogP contribution is 2.31. The zero-order valence-electron chi connectivity index (χ0n) is 16.3. The van der Waals surface area contributed by atoms with Gasteiger partial charge in [0.25, 0.3) is 0 Å². The van der Waals surface area contributed by atoms with Crippen LogP contribution in [-0.4, -0.2) is 72.6 Å². The van der Waals surface area contributed by atoms with E-state index in [1.54, 1.807) is 0 Å². The summed E-state index contributed by atoms with van der Waals surface area (Å²) in [5.74, 6) is 0.359. The van der Waals surface area contributed by atoms with Gasteiger partial charge in [-0.2, -0.15) is 0 Å². The third-order valence-electron chi connectivity index (χ3n) is 5.57. The lowest BCUT2D eigenvalue weighted by atomic mass is 9.95. The minimum Gasteiger partial charge on any atom is -0.447 e. The second-order valence-electron chi connectivity index (χ2n) is 7.68. The molecular weight excluding hydrogens is 370 g/mol. The quantitative estimate of drug-likeness (QED) is 0.428. The van der Waals surface area contributed by atoms with Gasteiger partial charge in [-0.1, -0.05) is 64.7 Å². The zero-order valence-corrected chi connectivity index (χ0v) is 17.1. The summed E-state index contributed by atoms with van der Waals surface area (Å²) in [5.41, 5.74) is 0. The number of fused-ring (bicyclic) bond motifs is 1. The van der Waals surface area contributed by atoms with Gasteiger partial charge in [0.15, 0.2) is 0 Å². The molecule has 0 aliphatic carbocycles. The number of hydrogen-bond donors (Lipinski definition) is 3. The molecule has 2 aliphatic heterocycles. The van der Waals surface area contributed by atoms with Crippen LogP contribution in [0, 0.1) is 0 Å². The summed E-state index contributed by atoms with van der Waals surface area (Å²) >= 11 is 0. The van der Waals surface area contributed by atoms with Crippen molar-refractivity contribution < 1.29 is 29.1 Å². The van der Waals surface area contributed by atoms with Gasteiger partial charge in [-0.25, -0.2) is 4.79 Å². The maximum atomic E-state index is 12.7. The molecule has 7 nitrogen and oxygen atoms in total. The van der Waals surface area contributed by atoms with Crippen LogP contribution in [0.3, 0.4) is 0 Å². The topological polar surface area (TPSA) is 107 Å². The Balaban J connectivity index is 1.69. The van der Waals surface area contributed by atoms with Crippen molar-refractivity contribution in [3.05, 3.63) is 0 Å². The van der Waals surface area contributed by atoms with E-state index in [0.29, 0.717) is 5.75 Å². The predicted octanol–water partition coefficient (Wildman–Crippen LogP) is 1.90. The number of ether oxygens (including phenoxy) is 1. The number of piperidine rings is 1. The van der Waals surface area contributed by atoms with Gasteiger partial charge >= 0.3 is 6.09 Å². The highest BCUT2D eigenvalue weighted by Gasteiger charge is 2.55. The normalized spacial score (nSPS) is 31.6. The van der Waals surface area contributed by atoms with Gasteiger partial charge in [-0.3, -0.25) is 9.11 Å². The maximum Gasteiger partial charge on any atom is 0.411 e. The Morgan fingerprint density at radius 3 is 2.07 bits per heavy atom. The molecule has 0 radical (unpaired) electrons. The van der Waals surface area contributed by atoms with Gasteiger partial charge < -0.3 is 20.1 Å². The first-order valence-electron chi connectivity index (χ1n) is 10.4. The van der Waals surface area contributed by atoms with E-state index in [4.69, 9.17) is 4.74 Å². The fourth-order valence-electron chi connectivity index (χ4n) is 3.90. The molecule has 0 bridgehead atoms. The van der Waals surface area contributed by atoms with Gasteiger partial charge in [-0.15, -0.1) is 0 Å². The molecule has 158 valence electrons.